The molecule has 0 aromatic carbocycles. The molecule has 1 saturated heterocycles. The van der Waals surface area contributed by atoms with Gasteiger partial charge in [0.05, 0.1) is 0 Å². The van der Waals surface area contributed by atoms with E-state index in [1.54, 1.807) is 6.33 Å². The van der Waals surface area contributed by atoms with Crippen LogP contribution in [0.5, 0.6) is 0 Å². The van der Waals surface area contributed by atoms with Crippen molar-refractivity contribution in [2.24, 2.45) is 0 Å². The second-order valence-electron chi connectivity index (χ2n) is 5.27. The SMILES string of the molecule is CC(CC1CCCCN1)NCCCc1ncn[nH]1. The molecule has 102 valence electrons. The number of piperidine rings is 1. The van der Waals surface area contributed by atoms with Gasteiger partial charge in [-0.15, -0.1) is 0 Å². The first-order chi connectivity index (χ1) is 8.84. The van der Waals surface area contributed by atoms with Gasteiger partial charge in [-0.3, -0.25) is 5.10 Å². The van der Waals surface area contributed by atoms with E-state index < -0.39 is 0 Å². The fraction of sp³-hybridized carbons (Fsp3) is 0.846. The molecule has 0 aliphatic carbocycles. The Hall–Kier alpha value is -0.940. The van der Waals surface area contributed by atoms with Crippen LogP contribution in [0.25, 0.3) is 0 Å². The van der Waals surface area contributed by atoms with Crippen molar-refractivity contribution < 1.29 is 0 Å². The van der Waals surface area contributed by atoms with Crippen molar-refractivity contribution in [1.29, 1.82) is 0 Å². The van der Waals surface area contributed by atoms with E-state index in [2.05, 4.69) is 32.7 Å². The molecule has 5 heteroatoms. The van der Waals surface area contributed by atoms with Gasteiger partial charge in [-0.1, -0.05) is 6.42 Å². The van der Waals surface area contributed by atoms with E-state index in [-0.39, 0.29) is 0 Å². The molecule has 2 rings (SSSR count). The maximum absolute atomic E-state index is 4.12. The fourth-order valence-corrected chi connectivity index (χ4v) is 2.59. The molecule has 0 radical (unpaired) electrons. The van der Waals surface area contributed by atoms with Gasteiger partial charge in [0, 0.05) is 18.5 Å². The Morgan fingerprint density at radius 2 is 2.44 bits per heavy atom. The molecular weight excluding hydrogens is 226 g/mol. The molecule has 1 fully saturated rings. The molecule has 1 aliphatic rings. The van der Waals surface area contributed by atoms with Gasteiger partial charge in [0.2, 0.25) is 0 Å². The van der Waals surface area contributed by atoms with E-state index in [4.69, 9.17) is 0 Å². The van der Waals surface area contributed by atoms with Crippen LogP contribution in [0, 0.1) is 0 Å². The minimum atomic E-state index is 0.593. The van der Waals surface area contributed by atoms with Crippen LogP contribution in [-0.2, 0) is 6.42 Å². The van der Waals surface area contributed by atoms with Crippen molar-refractivity contribution in [1.82, 2.24) is 25.8 Å². The zero-order valence-electron chi connectivity index (χ0n) is 11.3. The summed E-state index contributed by atoms with van der Waals surface area (Å²) in [5, 5.41) is 13.9. The maximum Gasteiger partial charge on any atom is 0.137 e. The molecule has 5 nitrogen and oxygen atoms in total. The Kier molecular flexibility index (Phi) is 5.61. The average molecular weight is 251 g/mol. The Morgan fingerprint density at radius 1 is 1.50 bits per heavy atom. The number of aromatic amines is 1. The number of rotatable bonds is 7. The first-order valence-corrected chi connectivity index (χ1v) is 7.15. The van der Waals surface area contributed by atoms with Crippen molar-refractivity contribution in [2.45, 2.75) is 57.5 Å². The van der Waals surface area contributed by atoms with Gasteiger partial charge in [-0.25, -0.2) is 4.98 Å². The molecule has 2 atom stereocenters. The monoisotopic (exact) mass is 251 g/mol. The minimum Gasteiger partial charge on any atom is -0.314 e. The lowest BCUT2D eigenvalue weighted by atomic mass is 9.99. The molecule has 1 aromatic heterocycles. The van der Waals surface area contributed by atoms with Gasteiger partial charge in [0.25, 0.3) is 0 Å². The molecule has 0 amide bonds. The Balaban J connectivity index is 1.52. The summed E-state index contributed by atoms with van der Waals surface area (Å²) in [7, 11) is 0. The summed E-state index contributed by atoms with van der Waals surface area (Å²) in [6, 6.07) is 1.31. The van der Waals surface area contributed by atoms with Crippen LogP contribution in [0.4, 0.5) is 0 Å². The standard InChI is InChI=1S/C13H25N5/c1-11(9-12-5-2-3-7-15-12)14-8-4-6-13-16-10-17-18-13/h10-12,14-15H,2-9H2,1H3,(H,16,17,18). The molecule has 2 heterocycles. The lowest BCUT2D eigenvalue weighted by Crippen LogP contribution is -2.40. The molecule has 2 unspecified atom stereocenters. The van der Waals surface area contributed by atoms with E-state index in [0.717, 1.165) is 31.3 Å². The topological polar surface area (TPSA) is 65.6 Å². The Labute approximate surface area is 109 Å². The quantitative estimate of drug-likeness (QED) is 0.638. The van der Waals surface area contributed by atoms with Crippen LogP contribution in [0.15, 0.2) is 6.33 Å². The lowest BCUT2D eigenvalue weighted by Gasteiger charge is -2.26. The molecule has 18 heavy (non-hydrogen) atoms. The normalized spacial score (nSPS) is 21.9. The molecule has 0 spiro atoms. The second-order valence-corrected chi connectivity index (χ2v) is 5.27. The van der Waals surface area contributed by atoms with Crippen LogP contribution in [0.1, 0.15) is 44.9 Å². The highest BCUT2D eigenvalue weighted by Crippen LogP contribution is 2.11. The van der Waals surface area contributed by atoms with Crippen molar-refractivity contribution in [3.05, 3.63) is 12.2 Å². The number of hydrogen-bond acceptors (Lipinski definition) is 4. The van der Waals surface area contributed by atoms with E-state index in [1.807, 2.05) is 0 Å². The maximum atomic E-state index is 4.12. The van der Waals surface area contributed by atoms with Crippen LogP contribution >= 0.6 is 0 Å². The van der Waals surface area contributed by atoms with Gasteiger partial charge in [0.1, 0.15) is 12.2 Å². The number of nitrogens with zero attached hydrogens (tertiary/aromatic N) is 2. The molecule has 1 aliphatic heterocycles. The van der Waals surface area contributed by atoms with Crippen molar-refractivity contribution >= 4 is 0 Å². The van der Waals surface area contributed by atoms with E-state index in [1.165, 1.54) is 32.2 Å². The zero-order chi connectivity index (χ0) is 12.6. The van der Waals surface area contributed by atoms with Crippen molar-refractivity contribution in [3.63, 3.8) is 0 Å². The minimum absolute atomic E-state index is 0.593. The Bertz CT molecular complexity index is 305. The lowest BCUT2D eigenvalue weighted by molar-refractivity contribution is 0.344. The van der Waals surface area contributed by atoms with Crippen molar-refractivity contribution in [2.75, 3.05) is 13.1 Å². The molecule has 0 bridgehead atoms. The predicted octanol–water partition coefficient (Wildman–Crippen LogP) is 1.25. The summed E-state index contributed by atoms with van der Waals surface area (Å²) in [6.45, 7) is 4.53. The third-order valence-electron chi connectivity index (χ3n) is 3.60. The first-order valence-electron chi connectivity index (χ1n) is 7.15. The smallest absolute Gasteiger partial charge is 0.137 e. The summed E-state index contributed by atoms with van der Waals surface area (Å²) in [5.74, 6) is 0.985. The van der Waals surface area contributed by atoms with Gasteiger partial charge >= 0.3 is 0 Å². The third-order valence-corrected chi connectivity index (χ3v) is 3.60. The largest absolute Gasteiger partial charge is 0.314 e. The summed E-state index contributed by atoms with van der Waals surface area (Å²) in [5.41, 5.74) is 0. The Morgan fingerprint density at radius 3 is 3.17 bits per heavy atom. The van der Waals surface area contributed by atoms with Crippen LogP contribution in [0.3, 0.4) is 0 Å². The number of H-pyrrole nitrogens is 1. The number of nitrogens with one attached hydrogen (secondary N) is 3. The van der Waals surface area contributed by atoms with E-state index in [9.17, 15) is 0 Å². The number of aryl methyl sites for hydroxylation is 1. The van der Waals surface area contributed by atoms with Gasteiger partial charge in [0.15, 0.2) is 0 Å². The summed E-state index contributed by atoms with van der Waals surface area (Å²) in [4.78, 5) is 4.12. The summed E-state index contributed by atoms with van der Waals surface area (Å²) < 4.78 is 0. The van der Waals surface area contributed by atoms with Gasteiger partial charge < -0.3 is 10.6 Å². The summed E-state index contributed by atoms with van der Waals surface area (Å²) >= 11 is 0. The van der Waals surface area contributed by atoms with Crippen molar-refractivity contribution in [3.8, 4) is 0 Å². The third kappa shape index (κ3) is 4.74. The molecular formula is C13H25N5. The highest BCUT2D eigenvalue weighted by Gasteiger charge is 2.15. The van der Waals surface area contributed by atoms with E-state index >= 15 is 0 Å². The molecule has 3 N–H and O–H groups in total. The zero-order valence-corrected chi connectivity index (χ0v) is 11.3. The van der Waals surface area contributed by atoms with Gasteiger partial charge in [-0.2, -0.15) is 5.10 Å². The highest BCUT2D eigenvalue weighted by atomic mass is 15.2. The number of aromatic nitrogens is 3. The fourth-order valence-electron chi connectivity index (χ4n) is 2.59. The first kappa shape index (κ1) is 13.5. The molecule has 0 saturated carbocycles. The predicted molar refractivity (Wildman–Crippen MR) is 72.4 cm³/mol. The van der Waals surface area contributed by atoms with Crippen LogP contribution in [-0.4, -0.2) is 40.4 Å². The van der Waals surface area contributed by atoms with Crippen LogP contribution < -0.4 is 10.6 Å². The summed E-state index contributed by atoms with van der Waals surface area (Å²) in [6.07, 6.45) is 8.96. The van der Waals surface area contributed by atoms with Gasteiger partial charge in [-0.05, 0) is 45.7 Å². The molecule has 1 aromatic rings. The second kappa shape index (κ2) is 7.48. The highest BCUT2D eigenvalue weighted by molar-refractivity contribution is 4.81. The average Bonchev–Trinajstić information content (AvgIpc) is 2.89. The van der Waals surface area contributed by atoms with Crippen LogP contribution in [0.2, 0.25) is 0 Å². The van der Waals surface area contributed by atoms with E-state index in [0.29, 0.717) is 6.04 Å². The number of hydrogen-bond donors (Lipinski definition) is 3.